The summed E-state index contributed by atoms with van der Waals surface area (Å²) in [6.07, 6.45) is 0.418. The third kappa shape index (κ3) is 2.52. The number of amides is 2. The molecule has 0 saturated carbocycles. The molecule has 0 radical (unpaired) electrons. The maximum absolute atomic E-state index is 12.2. The molecule has 0 aromatic carbocycles. The Morgan fingerprint density at radius 1 is 1.40 bits per heavy atom. The van der Waals surface area contributed by atoms with E-state index in [9.17, 15) is 14.4 Å². The zero-order valence-electron chi connectivity index (χ0n) is 10.8. The van der Waals surface area contributed by atoms with Crippen LogP contribution in [0.1, 0.15) is 28.9 Å². The van der Waals surface area contributed by atoms with Gasteiger partial charge in [-0.05, 0) is 18.5 Å². The van der Waals surface area contributed by atoms with Gasteiger partial charge in [-0.25, -0.2) is 10.2 Å². The van der Waals surface area contributed by atoms with Crippen molar-refractivity contribution in [2.75, 3.05) is 11.9 Å². The number of anilines is 1. The minimum atomic E-state index is -1.13. The van der Waals surface area contributed by atoms with Crippen LogP contribution in [-0.4, -0.2) is 40.0 Å². The lowest BCUT2D eigenvalue weighted by molar-refractivity contribution is -0.121. The predicted octanol–water partition coefficient (Wildman–Crippen LogP) is 0.379. The zero-order valence-corrected chi connectivity index (χ0v) is 11.7. The SMILES string of the molecule is Cc1nsc(N(C)C(=O)C2=NNC(=O)CC2)c1C(=O)O. The first-order chi connectivity index (χ1) is 9.41. The highest BCUT2D eigenvalue weighted by Gasteiger charge is 2.27. The molecule has 0 saturated heterocycles. The molecule has 9 heteroatoms. The van der Waals surface area contributed by atoms with Crippen molar-refractivity contribution in [2.24, 2.45) is 5.10 Å². The molecule has 0 aliphatic carbocycles. The van der Waals surface area contributed by atoms with Crippen LogP contribution in [0.3, 0.4) is 0 Å². The number of aryl methyl sites for hydroxylation is 1. The molecule has 2 amide bonds. The van der Waals surface area contributed by atoms with Gasteiger partial charge in [-0.2, -0.15) is 9.47 Å². The van der Waals surface area contributed by atoms with Gasteiger partial charge in [0.1, 0.15) is 16.3 Å². The molecule has 20 heavy (non-hydrogen) atoms. The molecular weight excluding hydrogens is 284 g/mol. The fourth-order valence-electron chi connectivity index (χ4n) is 1.75. The van der Waals surface area contributed by atoms with Gasteiger partial charge in [0.2, 0.25) is 5.91 Å². The van der Waals surface area contributed by atoms with E-state index in [1.165, 1.54) is 11.9 Å². The molecule has 2 rings (SSSR count). The molecule has 1 aliphatic rings. The Kier molecular flexibility index (Phi) is 3.79. The Hall–Kier alpha value is -2.29. The fraction of sp³-hybridized carbons (Fsp3) is 0.364. The van der Waals surface area contributed by atoms with E-state index in [4.69, 9.17) is 5.11 Å². The van der Waals surface area contributed by atoms with Gasteiger partial charge < -0.3 is 5.11 Å². The highest BCUT2D eigenvalue weighted by Crippen LogP contribution is 2.28. The van der Waals surface area contributed by atoms with Gasteiger partial charge in [-0.1, -0.05) is 0 Å². The number of hydrazone groups is 1. The molecule has 106 valence electrons. The first-order valence-corrected chi connectivity index (χ1v) is 6.52. The van der Waals surface area contributed by atoms with E-state index in [2.05, 4.69) is 14.9 Å². The summed E-state index contributed by atoms with van der Waals surface area (Å²) in [6, 6.07) is 0. The number of rotatable bonds is 3. The van der Waals surface area contributed by atoms with Crippen molar-refractivity contribution in [1.29, 1.82) is 0 Å². The van der Waals surface area contributed by atoms with Gasteiger partial charge in [0.25, 0.3) is 5.91 Å². The number of aromatic carboxylic acids is 1. The van der Waals surface area contributed by atoms with E-state index in [1.54, 1.807) is 6.92 Å². The van der Waals surface area contributed by atoms with Gasteiger partial charge in [0, 0.05) is 19.9 Å². The minimum Gasteiger partial charge on any atom is -0.478 e. The number of carboxylic acids is 1. The highest BCUT2D eigenvalue weighted by molar-refractivity contribution is 7.11. The number of carbonyl (C=O) groups excluding carboxylic acids is 2. The van der Waals surface area contributed by atoms with Crippen LogP contribution < -0.4 is 10.3 Å². The maximum Gasteiger partial charge on any atom is 0.340 e. The maximum atomic E-state index is 12.2. The Morgan fingerprint density at radius 2 is 2.10 bits per heavy atom. The second-order valence-electron chi connectivity index (χ2n) is 4.21. The van der Waals surface area contributed by atoms with Crippen molar-refractivity contribution in [1.82, 2.24) is 9.80 Å². The van der Waals surface area contributed by atoms with Gasteiger partial charge in [0.05, 0.1) is 5.69 Å². The van der Waals surface area contributed by atoms with Crippen LogP contribution in [0, 0.1) is 6.92 Å². The lowest BCUT2D eigenvalue weighted by atomic mass is 10.1. The lowest BCUT2D eigenvalue weighted by Gasteiger charge is -2.18. The van der Waals surface area contributed by atoms with Crippen molar-refractivity contribution in [2.45, 2.75) is 19.8 Å². The summed E-state index contributed by atoms with van der Waals surface area (Å²) in [5.41, 5.74) is 2.79. The molecule has 2 N–H and O–H groups in total. The first kappa shape index (κ1) is 14.1. The van der Waals surface area contributed by atoms with Gasteiger partial charge >= 0.3 is 5.97 Å². The van der Waals surface area contributed by atoms with Gasteiger partial charge in [-0.3, -0.25) is 14.5 Å². The third-order valence-electron chi connectivity index (χ3n) is 2.82. The van der Waals surface area contributed by atoms with Crippen LogP contribution in [0.5, 0.6) is 0 Å². The Balaban J connectivity index is 2.28. The number of carbonyl (C=O) groups is 3. The number of hydrogen-bond donors (Lipinski definition) is 2. The molecule has 0 spiro atoms. The zero-order chi connectivity index (χ0) is 14.9. The quantitative estimate of drug-likeness (QED) is 0.837. The van der Waals surface area contributed by atoms with E-state index in [1.807, 2.05) is 0 Å². The lowest BCUT2D eigenvalue weighted by Crippen LogP contribution is -2.38. The molecule has 2 heterocycles. The first-order valence-electron chi connectivity index (χ1n) is 5.75. The van der Waals surface area contributed by atoms with Gasteiger partial charge in [0.15, 0.2) is 0 Å². The summed E-state index contributed by atoms with van der Waals surface area (Å²) < 4.78 is 3.96. The van der Waals surface area contributed by atoms with E-state index < -0.39 is 11.9 Å². The molecule has 1 aromatic heterocycles. The molecular formula is C11H12N4O4S. The van der Waals surface area contributed by atoms with Crippen molar-refractivity contribution in [3.05, 3.63) is 11.3 Å². The van der Waals surface area contributed by atoms with Crippen LogP contribution in [0.4, 0.5) is 5.00 Å². The number of nitrogens with zero attached hydrogens (tertiary/aromatic N) is 3. The summed E-state index contributed by atoms with van der Waals surface area (Å²) in [6.45, 7) is 1.57. The van der Waals surface area contributed by atoms with Gasteiger partial charge in [-0.15, -0.1) is 0 Å². The normalized spacial score (nSPS) is 14.5. The summed E-state index contributed by atoms with van der Waals surface area (Å²) in [4.78, 5) is 35.6. The number of aromatic nitrogens is 1. The molecule has 8 nitrogen and oxygen atoms in total. The molecule has 0 bridgehead atoms. The predicted molar refractivity (Wildman–Crippen MR) is 72.0 cm³/mol. The van der Waals surface area contributed by atoms with Crippen LogP contribution in [0.25, 0.3) is 0 Å². The summed E-state index contributed by atoms with van der Waals surface area (Å²) in [7, 11) is 1.46. The molecule has 0 atom stereocenters. The minimum absolute atomic E-state index is 0.00583. The average molecular weight is 296 g/mol. The summed E-state index contributed by atoms with van der Waals surface area (Å²) in [5, 5.41) is 13.1. The monoisotopic (exact) mass is 296 g/mol. The van der Waals surface area contributed by atoms with Crippen molar-refractivity contribution < 1.29 is 19.5 Å². The molecule has 0 fully saturated rings. The van der Waals surface area contributed by atoms with Crippen molar-refractivity contribution >= 4 is 40.0 Å². The van der Waals surface area contributed by atoms with Crippen molar-refractivity contribution in [3.8, 4) is 0 Å². The molecule has 1 aliphatic heterocycles. The smallest absolute Gasteiger partial charge is 0.340 e. The van der Waals surface area contributed by atoms with E-state index in [0.29, 0.717) is 5.69 Å². The van der Waals surface area contributed by atoms with E-state index in [-0.39, 0.29) is 35.0 Å². The number of nitrogens with one attached hydrogen (secondary N) is 1. The van der Waals surface area contributed by atoms with Crippen LogP contribution >= 0.6 is 11.5 Å². The number of hydrogen-bond acceptors (Lipinski definition) is 6. The molecule has 0 unspecified atom stereocenters. The Morgan fingerprint density at radius 3 is 2.65 bits per heavy atom. The van der Waals surface area contributed by atoms with E-state index >= 15 is 0 Å². The van der Waals surface area contributed by atoms with E-state index in [0.717, 1.165) is 11.5 Å². The topological polar surface area (TPSA) is 112 Å². The Labute approximate surface area is 118 Å². The van der Waals surface area contributed by atoms with Crippen LogP contribution in [0.15, 0.2) is 5.10 Å². The Bertz CT molecular complexity index is 622. The van der Waals surface area contributed by atoms with Crippen LogP contribution in [0.2, 0.25) is 0 Å². The van der Waals surface area contributed by atoms with Crippen LogP contribution in [-0.2, 0) is 9.59 Å². The average Bonchev–Trinajstić information content (AvgIpc) is 2.80. The highest BCUT2D eigenvalue weighted by atomic mass is 32.1. The second-order valence-corrected chi connectivity index (χ2v) is 4.96. The van der Waals surface area contributed by atoms with Crippen molar-refractivity contribution in [3.63, 3.8) is 0 Å². The number of carboxylic acid groups (broad SMARTS) is 1. The largest absolute Gasteiger partial charge is 0.478 e. The fourth-order valence-corrected chi connectivity index (χ4v) is 2.59. The molecule has 1 aromatic rings. The second kappa shape index (κ2) is 5.37. The standard InChI is InChI=1S/C11H12N4O4S/c1-5-8(11(18)19)10(20-14-5)15(2)9(17)6-3-4-7(16)13-12-6/h3-4H2,1-2H3,(H,13,16)(H,18,19). The summed E-state index contributed by atoms with van der Waals surface area (Å²) >= 11 is 0.937. The third-order valence-corrected chi connectivity index (χ3v) is 3.84. The summed E-state index contributed by atoms with van der Waals surface area (Å²) in [5.74, 6) is -1.83.